The monoisotopic (exact) mass is 507 g/mol. The molecule has 0 radical (unpaired) electrons. The van der Waals surface area contributed by atoms with Crippen molar-refractivity contribution < 1.29 is 17.9 Å². The Labute approximate surface area is 214 Å². The Kier molecular flexibility index (Phi) is 7.96. The fourth-order valence-electron chi connectivity index (χ4n) is 4.44. The Bertz CT molecular complexity index is 1300. The molecule has 8 heteroatoms. The molecule has 1 heterocycles. The van der Waals surface area contributed by atoms with Gasteiger partial charge in [0.2, 0.25) is 15.9 Å². The van der Waals surface area contributed by atoms with Crippen molar-refractivity contribution in [3.8, 4) is 5.75 Å². The number of para-hydroxylation sites is 2. The van der Waals surface area contributed by atoms with E-state index in [-0.39, 0.29) is 23.9 Å². The van der Waals surface area contributed by atoms with Gasteiger partial charge in [0.25, 0.3) is 0 Å². The summed E-state index contributed by atoms with van der Waals surface area (Å²) < 4.78 is 34.0. The second-order valence-electron chi connectivity index (χ2n) is 9.11. The van der Waals surface area contributed by atoms with Crippen LogP contribution in [0.1, 0.15) is 16.7 Å². The number of aryl methyl sites for hydroxylation is 2. The highest BCUT2D eigenvalue weighted by Crippen LogP contribution is 2.28. The number of hydrogen-bond donors (Lipinski definition) is 0. The van der Waals surface area contributed by atoms with E-state index >= 15 is 0 Å². The molecule has 0 atom stereocenters. The van der Waals surface area contributed by atoms with E-state index in [2.05, 4.69) is 4.90 Å². The molecule has 3 aromatic rings. The standard InChI is InChI=1S/C28H33N3O4S/c1-22-11-13-25(14-12-22)36(33,34)31(20-24-8-6-7-23(2)19-24)21-28(32)30-17-15-29(16-18-30)26-9-4-5-10-27(26)35-3/h4-14,19H,15-18,20-21H2,1-3H3. The van der Waals surface area contributed by atoms with E-state index in [1.165, 1.54) is 4.31 Å². The van der Waals surface area contributed by atoms with Crippen molar-refractivity contribution >= 4 is 21.6 Å². The second-order valence-corrected chi connectivity index (χ2v) is 11.1. The molecule has 190 valence electrons. The van der Waals surface area contributed by atoms with Gasteiger partial charge in [-0.15, -0.1) is 0 Å². The minimum atomic E-state index is -3.87. The molecule has 0 unspecified atom stereocenters. The van der Waals surface area contributed by atoms with Gasteiger partial charge in [0, 0.05) is 32.7 Å². The van der Waals surface area contributed by atoms with Gasteiger partial charge in [-0.1, -0.05) is 59.7 Å². The molecule has 1 amide bonds. The lowest BCUT2D eigenvalue weighted by molar-refractivity contribution is -0.131. The number of piperazine rings is 1. The van der Waals surface area contributed by atoms with Crippen molar-refractivity contribution in [2.24, 2.45) is 0 Å². The molecule has 0 aliphatic carbocycles. The third kappa shape index (κ3) is 5.88. The Morgan fingerprint density at radius 1 is 0.889 bits per heavy atom. The van der Waals surface area contributed by atoms with Gasteiger partial charge in [-0.2, -0.15) is 4.31 Å². The molecule has 0 aromatic heterocycles. The summed E-state index contributed by atoms with van der Waals surface area (Å²) in [6, 6.07) is 22.3. The van der Waals surface area contributed by atoms with Gasteiger partial charge in [-0.25, -0.2) is 8.42 Å². The van der Waals surface area contributed by atoms with E-state index in [1.54, 1.807) is 36.3 Å². The molecule has 1 aliphatic rings. The maximum atomic E-state index is 13.6. The van der Waals surface area contributed by atoms with Crippen LogP contribution in [0, 0.1) is 13.8 Å². The maximum absolute atomic E-state index is 13.6. The zero-order chi connectivity index (χ0) is 25.7. The van der Waals surface area contributed by atoms with Gasteiger partial charge >= 0.3 is 0 Å². The molecule has 0 saturated carbocycles. The lowest BCUT2D eigenvalue weighted by Gasteiger charge is -2.37. The van der Waals surface area contributed by atoms with E-state index in [1.807, 2.05) is 62.4 Å². The van der Waals surface area contributed by atoms with Crippen LogP contribution >= 0.6 is 0 Å². The predicted octanol–water partition coefficient (Wildman–Crippen LogP) is 3.85. The van der Waals surface area contributed by atoms with Crippen molar-refractivity contribution in [2.75, 3.05) is 44.7 Å². The molecule has 1 saturated heterocycles. The molecule has 1 fully saturated rings. The molecule has 3 aromatic carbocycles. The molecule has 0 spiro atoms. The molecule has 0 N–H and O–H groups in total. The molecule has 1 aliphatic heterocycles. The van der Waals surface area contributed by atoms with Gasteiger partial charge in [0.15, 0.2) is 0 Å². The highest BCUT2D eigenvalue weighted by Gasteiger charge is 2.30. The Morgan fingerprint density at radius 2 is 1.58 bits per heavy atom. The van der Waals surface area contributed by atoms with E-state index in [0.29, 0.717) is 26.2 Å². The van der Waals surface area contributed by atoms with Crippen LogP contribution in [0.3, 0.4) is 0 Å². The SMILES string of the molecule is COc1ccccc1N1CCN(C(=O)CN(Cc2cccc(C)c2)S(=O)(=O)c2ccc(C)cc2)CC1. The summed E-state index contributed by atoms with van der Waals surface area (Å²) >= 11 is 0. The van der Waals surface area contributed by atoms with Gasteiger partial charge in [0.1, 0.15) is 5.75 Å². The normalized spacial score (nSPS) is 14.2. The molecule has 0 bridgehead atoms. The van der Waals surface area contributed by atoms with Gasteiger partial charge < -0.3 is 14.5 Å². The summed E-state index contributed by atoms with van der Waals surface area (Å²) in [7, 11) is -2.22. The summed E-state index contributed by atoms with van der Waals surface area (Å²) in [5.41, 5.74) is 3.86. The lowest BCUT2D eigenvalue weighted by atomic mass is 10.1. The first-order valence-electron chi connectivity index (χ1n) is 12.1. The van der Waals surface area contributed by atoms with Gasteiger partial charge in [-0.05, 0) is 43.7 Å². The number of nitrogens with zero attached hydrogens (tertiary/aromatic N) is 3. The summed E-state index contributed by atoms with van der Waals surface area (Å²) in [6.45, 7) is 6.12. The van der Waals surface area contributed by atoms with E-state index in [9.17, 15) is 13.2 Å². The van der Waals surface area contributed by atoms with Crippen molar-refractivity contribution in [2.45, 2.75) is 25.3 Å². The number of anilines is 1. The van der Waals surface area contributed by atoms with Gasteiger partial charge in [0.05, 0.1) is 24.2 Å². The fraction of sp³-hybridized carbons (Fsp3) is 0.321. The van der Waals surface area contributed by atoms with Crippen LogP contribution in [-0.2, 0) is 21.4 Å². The first-order valence-corrected chi connectivity index (χ1v) is 13.5. The predicted molar refractivity (Wildman–Crippen MR) is 142 cm³/mol. The number of rotatable bonds is 8. The lowest BCUT2D eigenvalue weighted by Crippen LogP contribution is -2.51. The number of carbonyl (C=O) groups excluding carboxylic acids is 1. The molecule has 7 nitrogen and oxygen atoms in total. The zero-order valence-corrected chi connectivity index (χ0v) is 21.9. The second kappa shape index (κ2) is 11.1. The zero-order valence-electron chi connectivity index (χ0n) is 21.1. The number of sulfonamides is 1. The fourth-order valence-corrected chi connectivity index (χ4v) is 5.82. The molecular weight excluding hydrogens is 474 g/mol. The van der Waals surface area contributed by atoms with Crippen molar-refractivity contribution in [3.63, 3.8) is 0 Å². The van der Waals surface area contributed by atoms with Crippen LogP contribution in [0.5, 0.6) is 5.75 Å². The number of ether oxygens (including phenoxy) is 1. The first kappa shape index (κ1) is 25.7. The Balaban J connectivity index is 1.50. The number of methoxy groups -OCH3 is 1. The van der Waals surface area contributed by atoms with E-state index < -0.39 is 10.0 Å². The van der Waals surface area contributed by atoms with E-state index in [4.69, 9.17) is 4.74 Å². The molecule has 36 heavy (non-hydrogen) atoms. The topological polar surface area (TPSA) is 70.2 Å². The highest BCUT2D eigenvalue weighted by molar-refractivity contribution is 7.89. The first-order chi connectivity index (χ1) is 17.3. The third-order valence-corrected chi connectivity index (χ3v) is 8.28. The number of amides is 1. The molecule has 4 rings (SSSR count). The van der Waals surface area contributed by atoms with Crippen LogP contribution in [0.25, 0.3) is 0 Å². The van der Waals surface area contributed by atoms with Crippen LogP contribution < -0.4 is 9.64 Å². The van der Waals surface area contributed by atoms with Crippen molar-refractivity contribution in [3.05, 3.63) is 89.5 Å². The molecular formula is C28H33N3O4S. The average molecular weight is 508 g/mol. The summed E-state index contributed by atoms with van der Waals surface area (Å²) in [5.74, 6) is 0.601. The van der Waals surface area contributed by atoms with E-state index in [0.717, 1.165) is 28.1 Å². The number of carbonyl (C=O) groups is 1. The summed E-state index contributed by atoms with van der Waals surface area (Å²) in [6.07, 6.45) is 0. The largest absolute Gasteiger partial charge is 0.495 e. The summed E-state index contributed by atoms with van der Waals surface area (Å²) in [4.78, 5) is 17.5. The maximum Gasteiger partial charge on any atom is 0.243 e. The Morgan fingerprint density at radius 3 is 2.25 bits per heavy atom. The average Bonchev–Trinajstić information content (AvgIpc) is 2.88. The van der Waals surface area contributed by atoms with Crippen molar-refractivity contribution in [1.29, 1.82) is 0 Å². The van der Waals surface area contributed by atoms with Crippen molar-refractivity contribution in [1.82, 2.24) is 9.21 Å². The summed E-state index contributed by atoms with van der Waals surface area (Å²) in [5, 5.41) is 0. The smallest absolute Gasteiger partial charge is 0.243 e. The van der Waals surface area contributed by atoms with Crippen LogP contribution in [0.4, 0.5) is 5.69 Å². The highest BCUT2D eigenvalue weighted by atomic mass is 32.2. The quantitative estimate of drug-likeness (QED) is 0.463. The minimum absolute atomic E-state index is 0.130. The van der Waals surface area contributed by atoms with Crippen LogP contribution in [-0.4, -0.2) is 63.4 Å². The number of benzene rings is 3. The third-order valence-electron chi connectivity index (χ3n) is 6.47. The minimum Gasteiger partial charge on any atom is -0.495 e. The van der Waals surface area contributed by atoms with Crippen LogP contribution in [0.2, 0.25) is 0 Å². The van der Waals surface area contributed by atoms with Gasteiger partial charge in [-0.3, -0.25) is 4.79 Å². The van der Waals surface area contributed by atoms with Crippen LogP contribution in [0.15, 0.2) is 77.7 Å². The number of hydrogen-bond acceptors (Lipinski definition) is 5. The Hall–Kier alpha value is -3.36.